The van der Waals surface area contributed by atoms with E-state index < -0.39 is 17.6 Å². The van der Waals surface area contributed by atoms with Crippen molar-refractivity contribution in [1.82, 2.24) is 4.98 Å². The van der Waals surface area contributed by atoms with E-state index in [-0.39, 0.29) is 27.7 Å². The highest BCUT2D eigenvalue weighted by molar-refractivity contribution is 6.30. The number of carbonyl (C=O) groups is 1. The quantitative estimate of drug-likeness (QED) is 0.638. The van der Waals surface area contributed by atoms with E-state index in [0.29, 0.717) is 25.4 Å². The predicted octanol–water partition coefficient (Wildman–Crippen LogP) is 4.58. The van der Waals surface area contributed by atoms with Crippen LogP contribution in [0.25, 0.3) is 0 Å². The topological polar surface area (TPSA) is 51.7 Å². The number of anilines is 1. The van der Waals surface area contributed by atoms with Crippen LogP contribution in [0.15, 0.2) is 24.4 Å². The molecule has 29 heavy (non-hydrogen) atoms. The van der Waals surface area contributed by atoms with Crippen molar-refractivity contribution >= 4 is 23.4 Å². The molecule has 154 valence electrons. The van der Waals surface area contributed by atoms with Gasteiger partial charge in [-0.25, -0.2) is 18.6 Å². The maximum Gasteiger partial charge on any atom is 0.340 e. The lowest BCUT2D eigenvalue weighted by atomic mass is 9.83. The largest absolute Gasteiger partial charge is 0.492 e. The fourth-order valence-corrected chi connectivity index (χ4v) is 3.83. The molecular formula is C21H21ClF2N2O3. The second-order valence-corrected chi connectivity index (χ2v) is 8.49. The highest BCUT2D eigenvalue weighted by Gasteiger charge is 2.41. The third-order valence-corrected chi connectivity index (χ3v) is 5.54. The van der Waals surface area contributed by atoms with Gasteiger partial charge < -0.3 is 14.4 Å². The monoisotopic (exact) mass is 422 g/mol. The summed E-state index contributed by atoms with van der Waals surface area (Å²) in [7, 11) is 1.23. The van der Waals surface area contributed by atoms with Gasteiger partial charge in [-0.15, -0.1) is 0 Å². The SMILES string of the molecule is COC(=O)c1cc(C2CC2)c(OCC2(C)CN(c3ncc(Cl)cc3F)C2)cc1F. The van der Waals surface area contributed by atoms with Crippen LogP contribution in [0, 0.1) is 17.0 Å². The minimum atomic E-state index is -0.699. The van der Waals surface area contributed by atoms with Gasteiger partial charge in [-0.05, 0) is 36.5 Å². The van der Waals surface area contributed by atoms with E-state index >= 15 is 0 Å². The number of nitrogens with zero attached hydrogens (tertiary/aromatic N) is 2. The lowest BCUT2D eigenvalue weighted by molar-refractivity contribution is 0.0595. The molecule has 8 heteroatoms. The molecule has 1 aliphatic carbocycles. The Bertz CT molecular complexity index is 959. The third kappa shape index (κ3) is 4.01. The van der Waals surface area contributed by atoms with Gasteiger partial charge in [0.2, 0.25) is 0 Å². The molecule has 0 bridgehead atoms. The van der Waals surface area contributed by atoms with Gasteiger partial charge >= 0.3 is 5.97 Å². The second kappa shape index (κ2) is 7.44. The van der Waals surface area contributed by atoms with Crippen LogP contribution in [0.5, 0.6) is 5.75 Å². The number of halogens is 3. The standard InChI is InChI=1S/C21H21ClF2N2O3/c1-21(9-26(10-21)19-17(24)5-13(22)8-25-19)11-29-18-7-16(23)15(20(27)28-2)6-14(18)12-3-4-12/h5-8,12H,3-4,9-11H2,1-2H3. The van der Waals surface area contributed by atoms with Crippen LogP contribution in [-0.2, 0) is 4.74 Å². The van der Waals surface area contributed by atoms with E-state index in [9.17, 15) is 13.6 Å². The number of carbonyl (C=O) groups excluding carboxylic acids is 1. The van der Waals surface area contributed by atoms with Crippen molar-refractivity contribution in [1.29, 1.82) is 0 Å². The highest BCUT2D eigenvalue weighted by Crippen LogP contribution is 2.46. The zero-order chi connectivity index (χ0) is 20.8. The molecule has 1 saturated carbocycles. The highest BCUT2D eigenvalue weighted by atomic mass is 35.5. The van der Waals surface area contributed by atoms with E-state index in [1.54, 1.807) is 0 Å². The summed E-state index contributed by atoms with van der Waals surface area (Å²) in [6, 6.07) is 4.04. The van der Waals surface area contributed by atoms with Crippen molar-refractivity contribution in [3.63, 3.8) is 0 Å². The summed E-state index contributed by atoms with van der Waals surface area (Å²) in [5.74, 6) is -0.838. The Morgan fingerprint density at radius 2 is 2.00 bits per heavy atom. The summed E-state index contributed by atoms with van der Waals surface area (Å²) in [6.07, 6.45) is 3.38. The first kappa shape index (κ1) is 19.9. The van der Waals surface area contributed by atoms with Crippen molar-refractivity contribution in [2.75, 3.05) is 31.7 Å². The molecule has 0 radical (unpaired) electrons. The fourth-order valence-electron chi connectivity index (χ4n) is 3.68. The number of rotatable bonds is 6. The summed E-state index contributed by atoms with van der Waals surface area (Å²) in [4.78, 5) is 17.7. The Morgan fingerprint density at radius 3 is 2.62 bits per heavy atom. The molecule has 4 rings (SSSR count). The summed E-state index contributed by atoms with van der Waals surface area (Å²) in [5, 5.41) is 0.253. The Balaban J connectivity index is 1.45. The van der Waals surface area contributed by atoms with Gasteiger partial charge in [-0.2, -0.15) is 0 Å². The molecule has 0 unspecified atom stereocenters. The van der Waals surface area contributed by atoms with Crippen LogP contribution in [0.2, 0.25) is 5.02 Å². The number of ether oxygens (including phenoxy) is 2. The van der Waals surface area contributed by atoms with Crippen LogP contribution >= 0.6 is 11.6 Å². The zero-order valence-electron chi connectivity index (χ0n) is 16.2. The van der Waals surface area contributed by atoms with Crippen molar-refractivity contribution in [2.45, 2.75) is 25.7 Å². The molecule has 0 spiro atoms. The molecule has 2 heterocycles. The molecular weight excluding hydrogens is 402 g/mol. The van der Waals surface area contributed by atoms with Crippen LogP contribution in [-0.4, -0.2) is 37.8 Å². The number of methoxy groups -OCH3 is 1. The number of hydrogen-bond donors (Lipinski definition) is 0. The average molecular weight is 423 g/mol. The molecule has 1 aliphatic heterocycles. The number of hydrogen-bond acceptors (Lipinski definition) is 5. The van der Waals surface area contributed by atoms with Gasteiger partial charge in [0, 0.05) is 30.8 Å². The van der Waals surface area contributed by atoms with Gasteiger partial charge in [-0.1, -0.05) is 18.5 Å². The normalized spacial score (nSPS) is 17.6. The van der Waals surface area contributed by atoms with Crippen molar-refractivity contribution in [3.05, 3.63) is 52.2 Å². The molecule has 0 amide bonds. The van der Waals surface area contributed by atoms with E-state index in [0.717, 1.165) is 18.4 Å². The summed E-state index contributed by atoms with van der Waals surface area (Å²) < 4.78 is 39.1. The number of pyridine rings is 1. The van der Waals surface area contributed by atoms with Crippen LogP contribution in [0.4, 0.5) is 14.6 Å². The van der Waals surface area contributed by atoms with Gasteiger partial charge in [0.15, 0.2) is 11.6 Å². The van der Waals surface area contributed by atoms with E-state index in [1.165, 1.54) is 31.5 Å². The van der Waals surface area contributed by atoms with Crippen LogP contribution < -0.4 is 9.64 Å². The van der Waals surface area contributed by atoms with Crippen molar-refractivity contribution < 1.29 is 23.0 Å². The molecule has 0 N–H and O–H groups in total. The smallest absolute Gasteiger partial charge is 0.340 e. The molecule has 0 atom stereocenters. The Hall–Kier alpha value is -2.41. The van der Waals surface area contributed by atoms with E-state index in [2.05, 4.69) is 9.72 Å². The molecule has 2 aromatic rings. The Kier molecular flexibility index (Phi) is 5.11. The zero-order valence-corrected chi connectivity index (χ0v) is 16.9. The Labute approximate surface area is 172 Å². The minimum Gasteiger partial charge on any atom is -0.492 e. The third-order valence-electron chi connectivity index (χ3n) is 5.33. The van der Waals surface area contributed by atoms with Crippen LogP contribution in [0.3, 0.4) is 0 Å². The van der Waals surface area contributed by atoms with Gasteiger partial charge in [0.25, 0.3) is 0 Å². The van der Waals surface area contributed by atoms with Gasteiger partial charge in [0.05, 0.1) is 24.3 Å². The summed E-state index contributed by atoms with van der Waals surface area (Å²) in [5.41, 5.74) is 0.524. The van der Waals surface area contributed by atoms with Gasteiger partial charge in [0.1, 0.15) is 11.6 Å². The van der Waals surface area contributed by atoms with Gasteiger partial charge in [-0.3, -0.25) is 0 Å². The van der Waals surface area contributed by atoms with Crippen molar-refractivity contribution in [2.24, 2.45) is 5.41 Å². The maximum atomic E-state index is 14.4. The predicted molar refractivity (Wildman–Crippen MR) is 105 cm³/mol. The minimum absolute atomic E-state index is 0.0768. The number of benzene rings is 1. The number of aromatic nitrogens is 1. The molecule has 1 aromatic heterocycles. The van der Waals surface area contributed by atoms with E-state index in [4.69, 9.17) is 16.3 Å². The molecule has 5 nitrogen and oxygen atoms in total. The number of esters is 1. The van der Waals surface area contributed by atoms with E-state index in [1.807, 2.05) is 11.8 Å². The molecule has 1 aromatic carbocycles. The fraction of sp³-hybridized carbons (Fsp3) is 0.429. The first-order chi connectivity index (χ1) is 13.8. The summed E-state index contributed by atoms with van der Waals surface area (Å²) >= 11 is 5.75. The van der Waals surface area contributed by atoms with Crippen molar-refractivity contribution in [3.8, 4) is 5.75 Å². The second-order valence-electron chi connectivity index (χ2n) is 8.05. The summed E-state index contributed by atoms with van der Waals surface area (Å²) in [6.45, 7) is 3.48. The first-order valence-corrected chi connectivity index (χ1v) is 9.78. The lowest BCUT2D eigenvalue weighted by Crippen LogP contribution is -2.58. The van der Waals surface area contributed by atoms with Crippen LogP contribution in [0.1, 0.15) is 41.6 Å². The molecule has 2 fully saturated rings. The average Bonchev–Trinajstić information content (AvgIpc) is 3.49. The first-order valence-electron chi connectivity index (χ1n) is 9.40. The maximum absolute atomic E-state index is 14.4. The lowest BCUT2D eigenvalue weighted by Gasteiger charge is -2.48. The molecule has 1 saturated heterocycles. The Morgan fingerprint density at radius 1 is 1.28 bits per heavy atom. The molecule has 2 aliphatic rings.